The zero-order chi connectivity index (χ0) is 21.8. The van der Waals surface area contributed by atoms with Gasteiger partial charge in [0.05, 0.1) is 22.3 Å². The van der Waals surface area contributed by atoms with Gasteiger partial charge in [0.1, 0.15) is 12.4 Å². The summed E-state index contributed by atoms with van der Waals surface area (Å²) in [6, 6.07) is 10.1. The first kappa shape index (κ1) is 22.9. The van der Waals surface area contributed by atoms with E-state index in [1.54, 1.807) is 24.3 Å². The Bertz CT molecular complexity index is 943. The van der Waals surface area contributed by atoms with Crippen LogP contribution in [0.1, 0.15) is 24.8 Å². The third-order valence-electron chi connectivity index (χ3n) is 5.10. The van der Waals surface area contributed by atoms with Crippen LogP contribution in [0, 0.1) is 0 Å². The summed E-state index contributed by atoms with van der Waals surface area (Å²) >= 11 is 5.87. The summed E-state index contributed by atoms with van der Waals surface area (Å²) in [6.45, 7) is 1.57. The van der Waals surface area contributed by atoms with Gasteiger partial charge in [0.2, 0.25) is 0 Å². The van der Waals surface area contributed by atoms with E-state index >= 15 is 0 Å². The van der Waals surface area contributed by atoms with Crippen molar-refractivity contribution in [1.29, 1.82) is 0 Å². The van der Waals surface area contributed by atoms with Gasteiger partial charge < -0.3 is 4.74 Å². The van der Waals surface area contributed by atoms with Gasteiger partial charge in [-0.15, -0.1) is 0 Å². The normalized spacial score (nSPS) is 16.9. The monoisotopic (exact) mass is 461 g/mol. The molecule has 1 aliphatic rings. The average Bonchev–Trinajstić information content (AvgIpc) is 2.72. The lowest BCUT2D eigenvalue weighted by Crippen LogP contribution is -2.46. The van der Waals surface area contributed by atoms with Crippen LogP contribution >= 0.6 is 11.6 Å². The summed E-state index contributed by atoms with van der Waals surface area (Å²) in [7, 11) is -3.95. The molecular formula is C21H23ClF3NO3S. The number of rotatable bonds is 7. The number of hydrogen-bond acceptors (Lipinski definition) is 4. The minimum absolute atomic E-state index is 0.111. The molecule has 2 aromatic rings. The van der Waals surface area contributed by atoms with Crippen LogP contribution in [0.15, 0.2) is 53.4 Å². The SMILES string of the molecule is O=S(=O)(CC(COc1ccc(Cl)cc1)N1CCCCC1)c1cccc(C(F)(F)F)c1. The second-order valence-corrected chi connectivity index (χ2v) is 9.79. The lowest BCUT2D eigenvalue weighted by Gasteiger charge is -2.34. The summed E-state index contributed by atoms with van der Waals surface area (Å²) in [5, 5.41) is 0.557. The molecule has 1 heterocycles. The van der Waals surface area contributed by atoms with Crippen molar-refractivity contribution in [3.8, 4) is 5.75 Å². The van der Waals surface area contributed by atoms with Crippen molar-refractivity contribution in [3.05, 3.63) is 59.1 Å². The minimum Gasteiger partial charge on any atom is -0.492 e. The van der Waals surface area contributed by atoms with Crippen molar-refractivity contribution in [2.45, 2.75) is 36.4 Å². The standard InChI is InChI=1S/C21H23ClF3NO3S/c22-17-7-9-19(10-8-17)29-14-18(26-11-2-1-3-12-26)15-30(27,28)20-6-4-5-16(13-20)21(23,24)25/h4-10,13,18H,1-3,11-12,14-15H2. The topological polar surface area (TPSA) is 46.6 Å². The number of nitrogens with zero attached hydrogens (tertiary/aromatic N) is 1. The molecule has 0 aromatic heterocycles. The molecule has 1 unspecified atom stereocenters. The summed E-state index contributed by atoms with van der Waals surface area (Å²) in [6.07, 6.45) is -1.64. The Balaban J connectivity index is 1.79. The van der Waals surface area contributed by atoms with Gasteiger partial charge in [0.25, 0.3) is 0 Å². The van der Waals surface area contributed by atoms with E-state index in [1.165, 1.54) is 6.07 Å². The molecule has 30 heavy (non-hydrogen) atoms. The van der Waals surface area contributed by atoms with Crippen molar-refractivity contribution in [2.75, 3.05) is 25.4 Å². The first-order valence-electron chi connectivity index (χ1n) is 9.67. The highest BCUT2D eigenvalue weighted by molar-refractivity contribution is 7.91. The summed E-state index contributed by atoms with van der Waals surface area (Å²) in [4.78, 5) is 1.72. The Hall–Kier alpha value is -1.77. The number of alkyl halides is 3. The highest BCUT2D eigenvalue weighted by Crippen LogP contribution is 2.31. The number of halogens is 4. The number of piperidine rings is 1. The maximum Gasteiger partial charge on any atom is 0.416 e. The molecule has 1 aliphatic heterocycles. The van der Waals surface area contributed by atoms with Gasteiger partial charge in [-0.1, -0.05) is 24.1 Å². The number of benzene rings is 2. The number of likely N-dealkylation sites (tertiary alicyclic amines) is 1. The first-order chi connectivity index (χ1) is 14.1. The smallest absolute Gasteiger partial charge is 0.416 e. The zero-order valence-corrected chi connectivity index (χ0v) is 17.8. The molecular weight excluding hydrogens is 439 g/mol. The molecule has 3 rings (SSSR count). The van der Waals surface area contributed by atoms with E-state index in [9.17, 15) is 21.6 Å². The molecule has 0 N–H and O–H groups in total. The van der Waals surface area contributed by atoms with E-state index in [0.29, 0.717) is 16.8 Å². The fourth-order valence-corrected chi connectivity index (χ4v) is 5.21. The van der Waals surface area contributed by atoms with Crippen LogP contribution in [0.4, 0.5) is 13.2 Å². The Morgan fingerprint density at radius 3 is 2.33 bits per heavy atom. The first-order valence-corrected chi connectivity index (χ1v) is 11.7. The molecule has 1 atom stereocenters. The second-order valence-electron chi connectivity index (χ2n) is 7.32. The van der Waals surface area contributed by atoms with Crippen molar-refractivity contribution >= 4 is 21.4 Å². The zero-order valence-electron chi connectivity index (χ0n) is 16.2. The van der Waals surface area contributed by atoms with Gasteiger partial charge in [-0.2, -0.15) is 13.2 Å². The number of hydrogen-bond donors (Lipinski definition) is 0. The van der Waals surface area contributed by atoms with Gasteiger partial charge in [-0.05, 0) is 68.4 Å². The van der Waals surface area contributed by atoms with Crippen LogP contribution in [-0.2, 0) is 16.0 Å². The van der Waals surface area contributed by atoms with Crippen LogP contribution in [0.5, 0.6) is 5.75 Å². The Labute approximate surface area is 179 Å². The molecule has 0 amide bonds. The average molecular weight is 462 g/mol. The Kier molecular flexibility index (Phi) is 7.31. The van der Waals surface area contributed by atoms with Crippen LogP contribution in [0.3, 0.4) is 0 Å². The Morgan fingerprint density at radius 2 is 1.70 bits per heavy atom. The molecule has 1 fully saturated rings. The minimum atomic E-state index is -4.60. The van der Waals surface area contributed by atoms with Crippen molar-refractivity contribution in [2.24, 2.45) is 0 Å². The fourth-order valence-electron chi connectivity index (χ4n) is 3.48. The third-order valence-corrected chi connectivity index (χ3v) is 7.14. The predicted octanol–water partition coefficient (Wildman–Crippen LogP) is 5.07. The van der Waals surface area contributed by atoms with Gasteiger partial charge >= 0.3 is 6.18 Å². The molecule has 2 aromatic carbocycles. The van der Waals surface area contributed by atoms with Gasteiger partial charge in [-0.3, -0.25) is 4.90 Å². The quantitative estimate of drug-likeness (QED) is 0.577. The molecule has 0 spiro atoms. The van der Waals surface area contributed by atoms with Crippen LogP contribution in [0.2, 0.25) is 5.02 Å². The Morgan fingerprint density at radius 1 is 1.03 bits per heavy atom. The van der Waals surface area contributed by atoms with Gasteiger partial charge in [-0.25, -0.2) is 8.42 Å². The van der Waals surface area contributed by atoms with E-state index in [2.05, 4.69) is 0 Å². The summed E-state index contributed by atoms with van der Waals surface area (Å²) < 4.78 is 70.7. The highest BCUT2D eigenvalue weighted by Gasteiger charge is 2.33. The summed E-state index contributed by atoms with van der Waals surface area (Å²) in [5.74, 6) is 0.236. The lowest BCUT2D eigenvalue weighted by molar-refractivity contribution is -0.137. The molecule has 0 aliphatic carbocycles. The molecule has 1 saturated heterocycles. The van der Waals surface area contributed by atoms with Crippen molar-refractivity contribution in [1.82, 2.24) is 4.90 Å². The van der Waals surface area contributed by atoms with Gasteiger partial charge in [0, 0.05) is 5.02 Å². The van der Waals surface area contributed by atoms with Crippen LogP contribution in [-0.4, -0.2) is 44.8 Å². The van der Waals surface area contributed by atoms with E-state index in [0.717, 1.165) is 44.5 Å². The van der Waals surface area contributed by atoms with Crippen molar-refractivity contribution < 1.29 is 26.3 Å². The van der Waals surface area contributed by atoms with E-state index in [1.807, 2.05) is 4.90 Å². The van der Waals surface area contributed by atoms with Crippen LogP contribution in [0.25, 0.3) is 0 Å². The van der Waals surface area contributed by atoms with Crippen molar-refractivity contribution in [3.63, 3.8) is 0 Å². The third kappa shape index (κ3) is 6.12. The fraction of sp³-hybridized carbons (Fsp3) is 0.429. The van der Waals surface area contributed by atoms with E-state index in [4.69, 9.17) is 16.3 Å². The lowest BCUT2D eigenvalue weighted by atomic mass is 10.1. The molecule has 164 valence electrons. The molecule has 0 saturated carbocycles. The molecule has 0 radical (unpaired) electrons. The highest BCUT2D eigenvalue weighted by atomic mass is 35.5. The maximum absolute atomic E-state index is 13.0. The maximum atomic E-state index is 13.0. The molecule has 0 bridgehead atoms. The number of sulfone groups is 1. The number of ether oxygens (including phenoxy) is 1. The van der Waals surface area contributed by atoms with E-state index < -0.39 is 27.6 Å². The molecule has 9 heteroatoms. The van der Waals surface area contributed by atoms with Crippen LogP contribution < -0.4 is 4.74 Å². The summed E-state index contributed by atoms with van der Waals surface area (Å²) in [5.41, 5.74) is -0.976. The largest absolute Gasteiger partial charge is 0.492 e. The second kappa shape index (κ2) is 9.58. The van der Waals surface area contributed by atoms with E-state index in [-0.39, 0.29) is 17.3 Å². The predicted molar refractivity (Wildman–Crippen MR) is 110 cm³/mol. The molecule has 4 nitrogen and oxygen atoms in total. The van der Waals surface area contributed by atoms with Gasteiger partial charge in [0.15, 0.2) is 9.84 Å².